The maximum atomic E-state index is 12.1. The number of hydrogen-bond donors (Lipinski definition) is 1. The third-order valence-electron chi connectivity index (χ3n) is 3.77. The second kappa shape index (κ2) is 7.34. The molecule has 21 heavy (non-hydrogen) atoms. The van der Waals surface area contributed by atoms with Gasteiger partial charge < -0.3 is 15.0 Å². The van der Waals surface area contributed by atoms with Crippen molar-refractivity contribution in [2.24, 2.45) is 0 Å². The van der Waals surface area contributed by atoms with Crippen LogP contribution >= 0.6 is 23.2 Å². The molecular formula is C15H20Cl2N2O2. The Kier molecular flexibility index (Phi) is 5.73. The number of hydrogen-bond acceptors (Lipinski definition) is 3. The minimum atomic E-state index is -0.618. The van der Waals surface area contributed by atoms with E-state index >= 15 is 0 Å². The van der Waals surface area contributed by atoms with Gasteiger partial charge in [0.2, 0.25) is 0 Å². The molecule has 0 aliphatic carbocycles. The molecule has 2 rings (SSSR count). The Morgan fingerprint density at radius 1 is 1.52 bits per heavy atom. The van der Waals surface area contributed by atoms with E-state index in [0.29, 0.717) is 28.4 Å². The van der Waals surface area contributed by atoms with Gasteiger partial charge in [-0.05, 0) is 45.5 Å². The molecule has 0 aromatic heterocycles. The van der Waals surface area contributed by atoms with E-state index in [-0.39, 0.29) is 5.91 Å². The quantitative estimate of drug-likeness (QED) is 0.902. The Bertz CT molecular complexity index is 510. The predicted molar refractivity (Wildman–Crippen MR) is 85.2 cm³/mol. The number of likely N-dealkylation sites (tertiary alicyclic amines) is 1. The summed E-state index contributed by atoms with van der Waals surface area (Å²) in [6, 6.07) is 5.53. The van der Waals surface area contributed by atoms with E-state index in [2.05, 4.69) is 17.3 Å². The van der Waals surface area contributed by atoms with Crippen LogP contribution in [0.25, 0.3) is 0 Å². The largest absolute Gasteiger partial charge is 0.479 e. The highest BCUT2D eigenvalue weighted by Gasteiger charge is 2.23. The lowest BCUT2D eigenvalue weighted by Gasteiger charge is -2.21. The van der Waals surface area contributed by atoms with Crippen molar-refractivity contribution in [3.8, 4) is 5.75 Å². The zero-order chi connectivity index (χ0) is 15.4. The lowest BCUT2D eigenvalue weighted by Crippen LogP contribution is -2.43. The van der Waals surface area contributed by atoms with Gasteiger partial charge in [0.05, 0.1) is 5.02 Å². The van der Waals surface area contributed by atoms with Crippen molar-refractivity contribution in [2.45, 2.75) is 31.9 Å². The summed E-state index contributed by atoms with van der Waals surface area (Å²) < 4.78 is 5.59. The lowest BCUT2D eigenvalue weighted by atomic mass is 10.2. The van der Waals surface area contributed by atoms with Crippen molar-refractivity contribution in [2.75, 3.05) is 20.1 Å². The minimum Gasteiger partial charge on any atom is -0.479 e. The zero-order valence-corrected chi connectivity index (χ0v) is 13.7. The summed E-state index contributed by atoms with van der Waals surface area (Å²) in [5.41, 5.74) is 0. The van der Waals surface area contributed by atoms with E-state index in [9.17, 15) is 4.79 Å². The summed E-state index contributed by atoms with van der Waals surface area (Å²) >= 11 is 12.0. The van der Waals surface area contributed by atoms with Crippen LogP contribution < -0.4 is 10.1 Å². The molecular weight excluding hydrogens is 311 g/mol. The Morgan fingerprint density at radius 3 is 2.95 bits per heavy atom. The number of nitrogens with zero attached hydrogens (tertiary/aromatic N) is 1. The number of ether oxygens (including phenoxy) is 1. The summed E-state index contributed by atoms with van der Waals surface area (Å²) in [6.07, 6.45) is 1.68. The van der Waals surface area contributed by atoms with Crippen LogP contribution in [0.2, 0.25) is 10.0 Å². The van der Waals surface area contributed by atoms with Crippen LogP contribution in [0.3, 0.4) is 0 Å². The molecule has 4 nitrogen and oxygen atoms in total. The van der Waals surface area contributed by atoms with Crippen LogP contribution in [-0.2, 0) is 4.79 Å². The normalized spacial score (nSPS) is 20.3. The highest BCUT2D eigenvalue weighted by atomic mass is 35.5. The third kappa shape index (κ3) is 4.25. The SMILES string of the molecule is C[C@@H](Oc1cccc(Cl)c1Cl)C(=O)NC[C@@H]1CCCN1C. The fraction of sp³-hybridized carbons (Fsp3) is 0.533. The van der Waals surface area contributed by atoms with Crippen LogP contribution in [-0.4, -0.2) is 43.1 Å². The van der Waals surface area contributed by atoms with Gasteiger partial charge in [-0.25, -0.2) is 0 Å². The molecule has 1 aliphatic heterocycles. The number of halogens is 2. The molecule has 1 aliphatic rings. The smallest absolute Gasteiger partial charge is 0.260 e. The summed E-state index contributed by atoms with van der Waals surface area (Å²) in [4.78, 5) is 14.3. The average molecular weight is 331 g/mol. The molecule has 0 bridgehead atoms. The molecule has 6 heteroatoms. The molecule has 1 fully saturated rings. The Balaban J connectivity index is 1.86. The van der Waals surface area contributed by atoms with Gasteiger partial charge >= 0.3 is 0 Å². The highest BCUT2D eigenvalue weighted by molar-refractivity contribution is 6.42. The van der Waals surface area contributed by atoms with Gasteiger partial charge in [-0.1, -0.05) is 29.3 Å². The number of nitrogens with one attached hydrogen (secondary N) is 1. The van der Waals surface area contributed by atoms with E-state index in [1.807, 2.05) is 0 Å². The van der Waals surface area contributed by atoms with Crippen molar-refractivity contribution in [3.63, 3.8) is 0 Å². The molecule has 1 N–H and O–H groups in total. The van der Waals surface area contributed by atoms with Gasteiger partial charge in [-0.3, -0.25) is 4.79 Å². The van der Waals surface area contributed by atoms with Crippen LogP contribution in [0.15, 0.2) is 18.2 Å². The van der Waals surface area contributed by atoms with Crippen molar-refractivity contribution in [3.05, 3.63) is 28.2 Å². The maximum Gasteiger partial charge on any atom is 0.260 e. The van der Waals surface area contributed by atoms with Gasteiger partial charge in [0.1, 0.15) is 10.8 Å². The average Bonchev–Trinajstić information content (AvgIpc) is 2.86. The molecule has 1 saturated heterocycles. The molecule has 0 radical (unpaired) electrons. The monoisotopic (exact) mass is 330 g/mol. The van der Waals surface area contributed by atoms with Crippen LogP contribution in [0.1, 0.15) is 19.8 Å². The zero-order valence-electron chi connectivity index (χ0n) is 12.2. The second-order valence-electron chi connectivity index (χ2n) is 5.33. The summed E-state index contributed by atoms with van der Waals surface area (Å²) in [6.45, 7) is 3.43. The van der Waals surface area contributed by atoms with Gasteiger partial charge in [-0.2, -0.15) is 0 Å². The minimum absolute atomic E-state index is 0.147. The van der Waals surface area contributed by atoms with E-state index in [1.165, 1.54) is 6.42 Å². The van der Waals surface area contributed by atoms with E-state index < -0.39 is 6.10 Å². The number of rotatable bonds is 5. The second-order valence-corrected chi connectivity index (χ2v) is 6.12. The molecule has 1 amide bonds. The standard InChI is InChI=1S/C15H20Cl2N2O2/c1-10(21-13-7-3-6-12(16)14(13)17)15(20)18-9-11-5-4-8-19(11)2/h3,6-7,10-11H,4-5,8-9H2,1-2H3,(H,18,20)/t10-,11+/m1/s1. The van der Waals surface area contributed by atoms with E-state index in [0.717, 1.165) is 13.0 Å². The van der Waals surface area contributed by atoms with Crippen LogP contribution in [0, 0.1) is 0 Å². The molecule has 0 spiro atoms. The molecule has 0 unspecified atom stereocenters. The van der Waals surface area contributed by atoms with Crippen molar-refractivity contribution in [1.29, 1.82) is 0 Å². The van der Waals surface area contributed by atoms with Crippen LogP contribution in [0.4, 0.5) is 0 Å². The molecule has 1 aromatic carbocycles. The Morgan fingerprint density at radius 2 is 2.29 bits per heavy atom. The maximum absolute atomic E-state index is 12.1. The number of amides is 1. The summed E-state index contributed by atoms with van der Waals surface area (Å²) in [5.74, 6) is 0.274. The van der Waals surface area contributed by atoms with E-state index in [4.69, 9.17) is 27.9 Å². The third-order valence-corrected chi connectivity index (χ3v) is 4.57. The number of benzene rings is 1. The Labute approximate surface area is 135 Å². The molecule has 0 saturated carbocycles. The first-order chi connectivity index (χ1) is 9.99. The first kappa shape index (κ1) is 16.4. The first-order valence-electron chi connectivity index (χ1n) is 7.07. The van der Waals surface area contributed by atoms with Crippen LogP contribution in [0.5, 0.6) is 5.75 Å². The molecule has 116 valence electrons. The van der Waals surface area contributed by atoms with E-state index in [1.54, 1.807) is 25.1 Å². The van der Waals surface area contributed by atoms with Gasteiger partial charge in [0.25, 0.3) is 5.91 Å². The lowest BCUT2D eigenvalue weighted by molar-refractivity contribution is -0.127. The fourth-order valence-electron chi connectivity index (χ4n) is 2.42. The van der Waals surface area contributed by atoms with Crippen molar-refractivity contribution < 1.29 is 9.53 Å². The number of carbonyl (C=O) groups excluding carboxylic acids is 1. The van der Waals surface area contributed by atoms with Gasteiger partial charge in [0, 0.05) is 12.6 Å². The topological polar surface area (TPSA) is 41.6 Å². The van der Waals surface area contributed by atoms with Crippen molar-refractivity contribution in [1.82, 2.24) is 10.2 Å². The fourth-order valence-corrected chi connectivity index (χ4v) is 2.75. The van der Waals surface area contributed by atoms with Gasteiger partial charge in [0.15, 0.2) is 6.10 Å². The number of carbonyl (C=O) groups is 1. The predicted octanol–water partition coefficient (Wildman–Crippen LogP) is 2.97. The van der Waals surface area contributed by atoms with Crippen molar-refractivity contribution >= 4 is 29.1 Å². The first-order valence-corrected chi connectivity index (χ1v) is 7.83. The molecule has 1 heterocycles. The summed E-state index contributed by atoms with van der Waals surface area (Å²) in [7, 11) is 2.08. The molecule has 2 atom stereocenters. The van der Waals surface area contributed by atoms with Gasteiger partial charge in [-0.15, -0.1) is 0 Å². The molecule has 1 aromatic rings. The number of likely N-dealkylation sites (N-methyl/N-ethyl adjacent to an activating group) is 1. The highest BCUT2D eigenvalue weighted by Crippen LogP contribution is 2.32. The summed E-state index contributed by atoms with van der Waals surface area (Å²) in [5, 5.41) is 3.67. The Hall–Kier alpha value is -0.970.